The normalized spacial score (nSPS) is 11.4. The Morgan fingerprint density at radius 3 is 2.74 bits per heavy atom. The van der Waals surface area contributed by atoms with Crippen molar-refractivity contribution in [3.63, 3.8) is 0 Å². The summed E-state index contributed by atoms with van der Waals surface area (Å²) in [4.78, 5) is 14.4. The molecule has 0 aromatic carbocycles. The van der Waals surface area contributed by atoms with Gasteiger partial charge in [0.2, 0.25) is 5.88 Å². The van der Waals surface area contributed by atoms with Gasteiger partial charge in [-0.1, -0.05) is 6.07 Å². The predicted octanol–water partition coefficient (Wildman–Crippen LogP) is 2.07. The minimum Gasteiger partial charge on any atom is -0.481 e. The molecule has 0 fully saturated rings. The van der Waals surface area contributed by atoms with E-state index in [2.05, 4.69) is 32.5 Å². The van der Waals surface area contributed by atoms with Crippen molar-refractivity contribution in [2.45, 2.75) is 26.8 Å². The largest absolute Gasteiger partial charge is 0.481 e. The van der Waals surface area contributed by atoms with Gasteiger partial charge in [-0.05, 0) is 19.9 Å². The van der Waals surface area contributed by atoms with E-state index in [0.717, 1.165) is 35.3 Å². The van der Waals surface area contributed by atoms with Crippen LogP contribution in [0.15, 0.2) is 23.2 Å². The van der Waals surface area contributed by atoms with Crippen LogP contribution in [0.25, 0.3) is 0 Å². The van der Waals surface area contributed by atoms with Crippen molar-refractivity contribution in [2.24, 2.45) is 4.99 Å². The zero-order chi connectivity index (χ0) is 16.7. The number of aliphatic imine (C=N–C) groups is 1. The summed E-state index contributed by atoms with van der Waals surface area (Å²) in [7, 11) is 3.37. The molecule has 23 heavy (non-hydrogen) atoms. The lowest BCUT2D eigenvalue weighted by Crippen LogP contribution is -2.38. The first kappa shape index (κ1) is 17.2. The number of rotatable bonds is 6. The number of pyridine rings is 1. The number of methoxy groups -OCH3 is 1. The smallest absolute Gasteiger partial charge is 0.213 e. The predicted molar refractivity (Wildman–Crippen MR) is 94.3 cm³/mol. The molecule has 0 bridgehead atoms. The van der Waals surface area contributed by atoms with Crippen LogP contribution in [0.1, 0.15) is 21.3 Å². The molecule has 0 unspecified atom stereocenters. The maximum absolute atomic E-state index is 5.12. The van der Waals surface area contributed by atoms with Crippen molar-refractivity contribution in [1.29, 1.82) is 0 Å². The number of hydrogen-bond acceptors (Lipinski definition) is 5. The molecule has 0 spiro atoms. The second-order valence-corrected chi connectivity index (χ2v) is 6.31. The van der Waals surface area contributed by atoms with Crippen molar-refractivity contribution in [3.05, 3.63) is 39.5 Å². The number of ether oxygens (including phenoxy) is 1. The van der Waals surface area contributed by atoms with Gasteiger partial charge in [-0.2, -0.15) is 0 Å². The Bertz CT molecular complexity index is 649. The summed E-state index contributed by atoms with van der Waals surface area (Å²) in [5.41, 5.74) is 2.02. The summed E-state index contributed by atoms with van der Waals surface area (Å²) in [5, 5.41) is 7.69. The van der Waals surface area contributed by atoms with Gasteiger partial charge in [0.05, 0.1) is 30.1 Å². The number of aromatic nitrogens is 2. The van der Waals surface area contributed by atoms with Crippen LogP contribution < -0.4 is 15.4 Å². The highest BCUT2D eigenvalue weighted by Gasteiger charge is 2.04. The van der Waals surface area contributed by atoms with E-state index >= 15 is 0 Å². The summed E-state index contributed by atoms with van der Waals surface area (Å²) in [6.07, 6.45) is 0.886. The molecule has 7 heteroatoms. The molecule has 0 aliphatic rings. The van der Waals surface area contributed by atoms with Crippen LogP contribution in [0.2, 0.25) is 0 Å². The molecule has 2 aromatic heterocycles. The quantitative estimate of drug-likeness (QED) is 0.625. The number of nitrogens with zero attached hydrogens (tertiary/aromatic N) is 3. The van der Waals surface area contributed by atoms with E-state index in [1.54, 1.807) is 25.5 Å². The van der Waals surface area contributed by atoms with Crippen molar-refractivity contribution < 1.29 is 4.74 Å². The monoisotopic (exact) mass is 333 g/mol. The number of hydrogen-bond donors (Lipinski definition) is 2. The van der Waals surface area contributed by atoms with E-state index in [-0.39, 0.29) is 0 Å². The maximum Gasteiger partial charge on any atom is 0.213 e. The van der Waals surface area contributed by atoms with Gasteiger partial charge in [-0.25, -0.2) is 9.97 Å². The van der Waals surface area contributed by atoms with Crippen LogP contribution >= 0.6 is 11.3 Å². The van der Waals surface area contributed by atoms with Crippen LogP contribution in [0.4, 0.5) is 0 Å². The molecule has 0 radical (unpaired) electrons. The highest BCUT2D eigenvalue weighted by Crippen LogP contribution is 2.16. The van der Waals surface area contributed by atoms with Gasteiger partial charge in [-0.15, -0.1) is 11.3 Å². The third kappa shape index (κ3) is 5.21. The number of guanidine groups is 1. The Morgan fingerprint density at radius 2 is 2.09 bits per heavy atom. The molecule has 2 aromatic rings. The molecule has 0 saturated heterocycles. The molecule has 0 saturated carbocycles. The average Bonchev–Trinajstić information content (AvgIpc) is 2.89. The fourth-order valence-corrected chi connectivity index (χ4v) is 2.93. The van der Waals surface area contributed by atoms with E-state index in [1.807, 2.05) is 25.1 Å². The van der Waals surface area contributed by atoms with Gasteiger partial charge in [0, 0.05) is 31.0 Å². The molecule has 0 aliphatic heterocycles. The zero-order valence-corrected chi connectivity index (χ0v) is 14.8. The fourth-order valence-electron chi connectivity index (χ4n) is 2.00. The minimum atomic E-state index is 0.590. The van der Waals surface area contributed by atoms with Gasteiger partial charge in [0.25, 0.3) is 0 Å². The topological polar surface area (TPSA) is 71.4 Å². The Kier molecular flexibility index (Phi) is 6.34. The Hall–Kier alpha value is -2.15. The lowest BCUT2D eigenvalue weighted by atomic mass is 10.3. The Labute approximate surface area is 141 Å². The summed E-state index contributed by atoms with van der Waals surface area (Å²) < 4.78 is 5.12. The summed E-state index contributed by atoms with van der Waals surface area (Å²) in [5.74, 6) is 1.36. The molecule has 0 amide bonds. The van der Waals surface area contributed by atoms with Crippen LogP contribution in [0.5, 0.6) is 5.88 Å². The Morgan fingerprint density at radius 1 is 1.26 bits per heavy atom. The first-order valence-electron chi connectivity index (χ1n) is 7.49. The van der Waals surface area contributed by atoms with Gasteiger partial charge in [-0.3, -0.25) is 4.99 Å². The van der Waals surface area contributed by atoms with Gasteiger partial charge < -0.3 is 15.4 Å². The molecule has 6 nitrogen and oxygen atoms in total. The standard InChI is InChI=1S/C16H23N5OS/c1-11-12(2)23-15(20-11)8-9-18-16(17-3)19-10-13-6-5-7-14(21-13)22-4/h5-7H,8-10H2,1-4H3,(H2,17,18,19). The first-order valence-corrected chi connectivity index (χ1v) is 8.31. The maximum atomic E-state index is 5.12. The SMILES string of the molecule is CN=C(NCCc1nc(C)c(C)s1)NCc1cccc(OC)n1. The third-order valence-electron chi connectivity index (χ3n) is 3.36. The van der Waals surface area contributed by atoms with Crippen LogP contribution in [-0.4, -0.2) is 36.6 Å². The van der Waals surface area contributed by atoms with E-state index in [1.165, 1.54) is 4.88 Å². The first-order chi connectivity index (χ1) is 11.1. The fraction of sp³-hybridized carbons (Fsp3) is 0.438. The second kappa shape index (κ2) is 8.47. The number of thiazole rings is 1. The highest BCUT2D eigenvalue weighted by molar-refractivity contribution is 7.11. The molecule has 124 valence electrons. The molecular weight excluding hydrogens is 310 g/mol. The lowest BCUT2D eigenvalue weighted by molar-refractivity contribution is 0.396. The van der Waals surface area contributed by atoms with Crippen LogP contribution in [0, 0.1) is 13.8 Å². The third-order valence-corrected chi connectivity index (χ3v) is 4.49. The average molecular weight is 333 g/mol. The van der Waals surface area contributed by atoms with Crippen LogP contribution in [-0.2, 0) is 13.0 Å². The van der Waals surface area contributed by atoms with Crippen LogP contribution in [0.3, 0.4) is 0 Å². The van der Waals surface area contributed by atoms with Gasteiger partial charge in [0.1, 0.15) is 0 Å². The zero-order valence-electron chi connectivity index (χ0n) is 14.0. The summed E-state index contributed by atoms with van der Waals surface area (Å²) in [6.45, 7) is 5.53. The summed E-state index contributed by atoms with van der Waals surface area (Å²) in [6, 6.07) is 5.70. The van der Waals surface area contributed by atoms with Gasteiger partial charge >= 0.3 is 0 Å². The van der Waals surface area contributed by atoms with Crippen molar-refractivity contribution in [3.8, 4) is 5.88 Å². The lowest BCUT2D eigenvalue weighted by Gasteiger charge is -2.11. The Balaban J connectivity index is 1.79. The van der Waals surface area contributed by atoms with Crippen molar-refractivity contribution in [1.82, 2.24) is 20.6 Å². The molecule has 0 atom stereocenters. The molecular formula is C16H23N5OS. The van der Waals surface area contributed by atoms with E-state index in [4.69, 9.17) is 4.74 Å². The van der Waals surface area contributed by atoms with E-state index in [9.17, 15) is 0 Å². The second-order valence-electron chi connectivity index (χ2n) is 5.02. The van der Waals surface area contributed by atoms with Crippen molar-refractivity contribution in [2.75, 3.05) is 20.7 Å². The molecule has 2 heterocycles. The number of aryl methyl sites for hydroxylation is 2. The molecule has 2 N–H and O–H groups in total. The molecule has 0 aliphatic carbocycles. The minimum absolute atomic E-state index is 0.590. The highest BCUT2D eigenvalue weighted by atomic mass is 32.1. The summed E-state index contributed by atoms with van der Waals surface area (Å²) >= 11 is 1.75. The van der Waals surface area contributed by atoms with Gasteiger partial charge in [0.15, 0.2) is 5.96 Å². The number of nitrogens with one attached hydrogen (secondary N) is 2. The van der Waals surface area contributed by atoms with E-state index < -0.39 is 0 Å². The molecule has 2 rings (SSSR count). The van der Waals surface area contributed by atoms with Crippen molar-refractivity contribution >= 4 is 17.3 Å². The van der Waals surface area contributed by atoms with E-state index in [0.29, 0.717) is 12.4 Å².